The molecule has 0 aliphatic carbocycles. The number of nitrogens with zero attached hydrogens (tertiary/aromatic N) is 4. The number of pyridine rings is 1. The molecule has 1 amide bonds. The van der Waals surface area contributed by atoms with E-state index in [1.807, 2.05) is 6.07 Å². The first kappa shape index (κ1) is 23.5. The minimum Gasteiger partial charge on any atom is -0.379 e. The van der Waals surface area contributed by atoms with E-state index in [2.05, 4.69) is 15.2 Å². The summed E-state index contributed by atoms with van der Waals surface area (Å²) in [6.07, 6.45) is 3.20. The molecule has 1 fully saturated rings. The van der Waals surface area contributed by atoms with Gasteiger partial charge in [-0.1, -0.05) is 6.07 Å². The summed E-state index contributed by atoms with van der Waals surface area (Å²) in [5.74, 6) is -1.03. The molecule has 0 unspecified atom stereocenters. The van der Waals surface area contributed by atoms with E-state index in [0.717, 1.165) is 24.4 Å². The standard InChI is InChI=1S/C24H22FN5O3S/c25-17-4-6-19(7-5-17)30-23(32)21(15-18-3-1-2-8-27-18)34-24(30)20(16-26)22(31)28-9-10-29-11-13-33-14-12-29/h1-8,15H,9-14H2,(H,28,31)/b21-15+,24-20-. The third kappa shape index (κ3) is 5.46. The van der Waals surface area contributed by atoms with E-state index in [1.165, 1.54) is 28.8 Å². The SMILES string of the molecule is N#C/C(C(=O)NCCN1CCOCC1)=c1/s/c(=C/c2ccccn2)c(=O)n1-c1ccc(F)cc1. The smallest absolute Gasteiger partial charge is 0.273 e. The number of hydrogen-bond donors (Lipinski definition) is 1. The predicted octanol–water partition coefficient (Wildman–Crippen LogP) is 0.385. The van der Waals surface area contributed by atoms with Gasteiger partial charge in [-0.25, -0.2) is 4.39 Å². The summed E-state index contributed by atoms with van der Waals surface area (Å²) in [5, 5.41) is 12.6. The molecule has 1 saturated heterocycles. The van der Waals surface area contributed by atoms with Crippen LogP contribution in [0.25, 0.3) is 17.3 Å². The fourth-order valence-electron chi connectivity index (χ4n) is 3.51. The van der Waals surface area contributed by atoms with Crippen molar-refractivity contribution in [2.45, 2.75) is 0 Å². The highest BCUT2D eigenvalue weighted by atomic mass is 32.1. The van der Waals surface area contributed by atoms with Crippen LogP contribution in [-0.2, 0) is 9.53 Å². The number of nitrogens with one attached hydrogen (secondary N) is 1. The van der Waals surface area contributed by atoms with Crippen LogP contribution in [0, 0.1) is 17.1 Å². The van der Waals surface area contributed by atoms with Gasteiger partial charge in [-0.15, -0.1) is 11.3 Å². The Balaban J connectivity index is 1.75. The summed E-state index contributed by atoms with van der Waals surface area (Å²) in [6.45, 7) is 3.85. The van der Waals surface area contributed by atoms with Gasteiger partial charge < -0.3 is 10.1 Å². The Morgan fingerprint density at radius 3 is 2.68 bits per heavy atom. The van der Waals surface area contributed by atoms with Gasteiger partial charge in [0.25, 0.3) is 11.5 Å². The Kier molecular flexibility index (Phi) is 7.59. The molecule has 0 radical (unpaired) electrons. The number of morpholine rings is 1. The van der Waals surface area contributed by atoms with Crippen LogP contribution in [0.2, 0.25) is 0 Å². The van der Waals surface area contributed by atoms with E-state index >= 15 is 0 Å². The average molecular weight is 480 g/mol. The van der Waals surface area contributed by atoms with Gasteiger partial charge in [0, 0.05) is 32.4 Å². The second kappa shape index (κ2) is 11.0. The number of nitriles is 1. The van der Waals surface area contributed by atoms with Crippen LogP contribution in [0.15, 0.2) is 53.5 Å². The first-order valence-corrected chi connectivity index (χ1v) is 11.5. The van der Waals surface area contributed by atoms with Crippen LogP contribution in [0.3, 0.4) is 0 Å². The molecule has 3 heterocycles. The normalized spacial score (nSPS) is 15.6. The minimum absolute atomic E-state index is 0.171. The predicted molar refractivity (Wildman–Crippen MR) is 126 cm³/mol. The largest absolute Gasteiger partial charge is 0.379 e. The first-order chi connectivity index (χ1) is 16.6. The number of thiazole rings is 1. The zero-order valence-corrected chi connectivity index (χ0v) is 19.1. The van der Waals surface area contributed by atoms with Crippen LogP contribution in [0.1, 0.15) is 5.69 Å². The van der Waals surface area contributed by atoms with Crippen LogP contribution in [-0.4, -0.2) is 59.8 Å². The molecule has 174 valence electrons. The second-order valence-electron chi connectivity index (χ2n) is 7.48. The number of halogens is 1. The van der Waals surface area contributed by atoms with Crippen molar-refractivity contribution >= 4 is 28.9 Å². The van der Waals surface area contributed by atoms with Crippen molar-refractivity contribution in [3.63, 3.8) is 0 Å². The maximum Gasteiger partial charge on any atom is 0.273 e. The number of ether oxygens (including phenoxy) is 1. The van der Waals surface area contributed by atoms with Gasteiger partial charge in [-0.3, -0.25) is 24.0 Å². The first-order valence-electron chi connectivity index (χ1n) is 10.7. The van der Waals surface area contributed by atoms with Crippen LogP contribution >= 0.6 is 11.3 Å². The average Bonchev–Trinajstić information content (AvgIpc) is 3.17. The molecule has 3 aromatic rings. The van der Waals surface area contributed by atoms with Gasteiger partial charge in [0.1, 0.15) is 16.5 Å². The van der Waals surface area contributed by atoms with E-state index in [-0.39, 0.29) is 10.2 Å². The Morgan fingerprint density at radius 1 is 1.24 bits per heavy atom. The van der Waals surface area contributed by atoms with Crippen molar-refractivity contribution in [3.05, 3.63) is 79.7 Å². The molecule has 2 aromatic heterocycles. The van der Waals surface area contributed by atoms with E-state index in [9.17, 15) is 19.2 Å². The molecular weight excluding hydrogens is 457 g/mol. The summed E-state index contributed by atoms with van der Waals surface area (Å²) in [5.41, 5.74) is 0.305. The van der Waals surface area contributed by atoms with E-state index < -0.39 is 17.3 Å². The Labute approximate surface area is 198 Å². The Bertz CT molecular complexity index is 1370. The molecule has 1 aliphatic heterocycles. The van der Waals surface area contributed by atoms with Gasteiger partial charge in [-0.2, -0.15) is 5.26 Å². The van der Waals surface area contributed by atoms with Crippen molar-refractivity contribution in [2.24, 2.45) is 0 Å². The number of benzene rings is 1. The van der Waals surface area contributed by atoms with Crippen molar-refractivity contribution in [2.75, 3.05) is 39.4 Å². The molecule has 10 heteroatoms. The molecule has 1 aromatic carbocycles. The Hall–Kier alpha value is -3.65. The van der Waals surface area contributed by atoms with E-state index in [1.54, 1.807) is 30.5 Å². The molecule has 34 heavy (non-hydrogen) atoms. The molecule has 0 saturated carbocycles. The number of carbonyl (C=O) groups excluding carboxylic acids is 1. The quantitative estimate of drug-likeness (QED) is 0.549. The van der Waals surface area contributed by atoms with Crippen LogP contribution < -0.4 is 20.1 Å². The highest BCUT2D eigenvalue weighted by molar-refractivity contribution is 7.07. The molecule has 8 nitrogen and oxygen atoms in total. The summed E-state index contributed by atoms with van der Waals surface area (Å²) >= 11 is 1.02. The van der Waals surface area contributed by atoms with E-state index in [0.29, 0.717) is 42.2 Å². The molecule has 1 N–H and O–H groups in total. The summed E-state index contributed by atoms with van der Waals surface area (Å²) in [4.78, 5) is 32.6. The molecule has 0 spiro atoms. The van der Waals surface area contributed by atoms with Crippen LogP contribution in [0.4, 0.5) is 4.39 Å². The number of amides is 1. The highest BCUT2D eigenvalue weighted by Crippen LogP contribution is 2.06. The molecule has 0 atom stereocenters. The van der Waals surface area contributed by atoms with Gasteiger partial charge >= 0.3 is 0 Å². The van der Waals surface area contributed by atoms with Gasteiger partial charge in [0.2, 0.25) is 0 Å². The van der Waals surface area contributed by atoms with Crippen molar-refractivity contribution in [1.82, 2.24) is 19.8 Å². The number of carbonyl (C=O) groups is 1. The van der Waals surface area contributed by atoms with Gasteiger partial charge in [-0.05, 0) is 42.5 Å². The lowest BCUT2D eigenvalue weighted by Gasteiger charge is -2.26. The zero-order chi connectivity index (χ0) is 23.9. The highest BCUT2D eigenvalue weighted by Gasteiger charge is 2.18. The molecule has 4 rings (SSSR count). The summed E-state index contributed by atoms with van der Waals surface area (Å²) in [7, 11) is 0. The number of aromatic nitrogens is 2. The van der Waals surface area contributed by atoms with Crippen molar-refractivity contribution in [3.8, 4) is 11.8 Å². The maximum atomic E-state index is 13.5. The fourth-order valence-corrected chi connectivity index (χ4v) is 4.59. The lowest BCUT2D eigenvalue weighted by atomic mass is 10.2. The Morgan fingerprint density at radius 2 is 2.00 bits per heavy atom. The molecule has 1 aliphatic rings. The third-order valence-electron chi connectivity index (χ3n) is 5.25. The summed E-state index contributed by atoms with van der Waals surface area (Å²) < 4.78 is 20.6. The lowest BCUT2D eigenvalue weighted by Crippen LogP contribution is -2.42. The van der Waals surface area contributed by atoms with Crippen molar-refractivity contribution in [1.29, 1.82) is 5.26 Å². The number of hydrogen-bond acceptors (Lipinski definition) is 7. The minimum atomic E-state index is -0.572. The van der Waals surface area contributed by atoms with Gasteiger partial charge in [0.15, 0.2) is 5.57 Å². The topological polar surface area (TPSA) is 100 Å². The monoisotopic (exact) mass is 479 g/mol. The van der Waals surface area contributed by atoms with E-state index in [4.69, 9.17) is 4.74 Å². The van der Waals surface area contributed by atoms with Crippen molar-refractivity contribution < 1.29 is 13.9 Å². The second-order valence-corrected chi connectivity index (χ2v) is 8.51. The molecule has 0 bridgehead atoms. The number of rotatable bonds is 6. The maximum absolute atomic E-state index is 13.5. The van der Waals surface area contributed by atoms with Crippen LogP contribution in [0.5, 0.6) is 0 Å². The zero-order valence-electron chi connectivity index (χ0n) is 18.2. The van der Waals surface area contributed by atoms with Gasteiger partial charge in [0.05, 0.1) is 29.1 Å². The lowest BCUT2D eigenvalue weighted by molar-refractivity contribution is -0.115. The fraction of sp³-hybridized carbons (Fsp3) is 0.250. The molecular formula is C24H22FN5O3S. The third-order valence-corrected chi connectivity index (χ3v) is 6.34. The summed E-state index contributed by atoms with van der Waals surface area (Å²) in [6, 6.07) is 12.6.